The molecule has 2 aromatic rings. The van der Waals surface area contributed by atoms with Crippen LogP contribution >= 0.6 is 0 Å². The first kappa shape index (κ1) is 18.3. The predicted molar refractivity (Wildman–Crippen MR) is 95.3 cm³/mol. The Bertz CT molecular complexity index is 873. The zero-order valence-electron chi connectivity index (χ0n) is 14.6. The Kier molecular flexibility index (Phi) is 5.02. The number of hydrogen-bond donors (Lipinski definition) is 3. The van der Waals surface area contributed by atoms with Crippen molar-refractivity contribution in [3.63, 3.8) is 0 Å². The van der Waals surface area contributed by atoms with E-state index in [1.54, 1.807) is 43.5 Å². The molecule has 1 fully saturated rings. The largest absolute Gasteiger partial charge is 0.480 e. The number of nitrogens with zero attached hydrogens (tertiary/aromatic N) is 3. The molecule has 27 heavy (non-hydrogen) atoms. The molecule has 4 N–H and O–H groups in total. The number of aromatic nitrogens is 2. The molecule has 140 valence electrons. The maximum atomic E-state index is 12.5. The molecule has 0 radical (unpaired) electrons. The molecular weight excluding hydrogens is 350 g/mol. The van der Waals surface area contributed by atoms with Crippen LogP contribution in [0, 0.1) is 5.92 Å². The first-order valence-corrected chi connectivity index (χ1v) is 8.36. The van der Waals surface area contributed by atoms with Gasteiger partial charge in [0.1, 0.15) is 5.82 Å². The number of pyridine rings is 2. The summed E-state index contributed by atoms with van der Waals surface area (Å²) in [5, 5.41) is 12.1. The highest BCUT2D eigenvalue weighted by Gasteiger charge is 2.54. The van der Waals surface area contributed by atoms with Gasteiger partial charge in [-0.1, -0.05) is 6.07 Å². The summed E-state index contributed by atoms with van der Waals surface area (Å²) >= 11 is 0. The summed E-state index contributed by atoms with van der Waals surface area (Å²) in [5.41, 5.74) is 6.91. The molecule has 1 aliphatic rings. The number of urea groups is 1. The fraction of sp³-hybridized carbons (Fsp3) is 0.278. The molecule has 9 heteroatoms. The van der Waals surface area contributed by atoms with Crippen LogP contribution in [-0.2, 0) is 16.0 Å². The molecule has 2 aromatic heterocycles. The summed E-state index contributed by atoms with van der Waals surface area (Å²) in [7, 11) is 0. The zero-order chi connectivity index (χ0) is 19.6. The van der Waals surface area contributed by atoms with Crippen molar-refractivity contribution in [1.82, 2.24) is 20.2 Å². The van der Waals surface area contributed by atoms with Gasteiger partial charge in [-0.3, -0.25) is 9.78 Å². The molecule has 0 aromatic carbocycles. The Morgan fingerprint density at radius 3 is 2.70 bits per heavy atom. The number of β-lactam (4-membered cyclic amide) rings is 1. The number of nitrogens with one attached hydrogen (secondary N) is 1. The van der Waals surface area contributed by atoms with E-state index in [1.165, 1.54) is 6.20 Å². The van der Waals surface area contributed by atoms with E-state index in [9.17, 15) is 19.5 Å². The maximum absolute atomic E-state index is 12.5. The molecule has 3 heterocycles. The van der Waals surface area contributed by atoms with Crippen molar-refractivity contribution in [3.05, 3.63) is 54.0 Å². The summed E-state index contributed by atoms with van der Waals surface area (Å²) < 4.78 is 0. The highest BCUT2D eigenvalue weighted by molar-refractivity contribution is 6.07. The third-order valence-corrected chi connectivity index (χ3v) is 4.46. The fourth-order valence-corrected chi connectivity index (χ4v) is 3.09. The number of imide groups is 1. The highest BCUT2D eigenvalue weighted by Crippen LogP contribution is 2.31. The van der Waals surface area contributed by atoms with Crippen molar-refractivity contribution in [2.75, 3.05) is 5.73 Å². The minimum absolute atomic E-state index is 0.169. The average molecular weight is 369 g/mol. The van der Waals surface area contributed by atoms with Crippen molar-refractivity contribution >= 4 is 23.7 Å². The normalized spacial score (nSPS) is 19.9. The smallest absolute Gasteiger partial charge is 0.327 e. The molecule has 0 unspecified atom stereocenters. The van der Waals surface area contributed by atoms with Crippen LogP contribution in [0.3, 0.4) is 0 Å². The van der Waals surface area contributed by atoms with Crippen molar-refractivity contribution in [2.24, 2.45) is 5.92 Å². The number of nitrogens with two attached hydrogens (primary N) is 1. The van der Waals surface area contributed by atoms with Crippen LogP contribution in [0.4, 0.5) is 10.6 Å². The van der Waals surface area contributed by atoms with Gasteiger partial charge in [0.25, 0.3) is 0 Å². The van der Waals surface area contributed by atoms with Gasteiger partial charge in [0.15, 0.2) is 6.04 Å². The van der Waals surface area contributed by atoms with Gasteiger partial charge in [-0.2, -0.15) is 0 Å². The summed E-state index contributed by atoms with van der Waals surface area (Å²) in [6.07, 6.45) is 3.24. The molecule has 3 rings (SSSR count). The number of likely N-dealkylation sites (tertiary alicyclic amines) is 1. The van der Waals surface area contributed by atoms with Crippen LogP contribution in [0.2, 0.25) is 0 Å². The molecule has 9 nitrogen and oxygen atoms in total. The Balaban J connectivity index is 1.71. The number of carboxylic acid groups (broad SMARTS) is 1. The second-order valence-electron chi connectivity index (χ2n) is 6.32. The van der Waals surface area contributed by atoms with E-state index in [1.807, 2.05) is 0 Å². The first-order valence-electron chi connectivity index (χ1n) is 8.36. The average Bonchev–Trinajstić information content (AvgIpc) is 2.64. The molecular formula is C18H19N5O4. The molecule has 3 amide bonds. The SMILES string of the molecule is C[C@@H](NC(=O)N1C(=O)[C@H](Cc2ccnc(N)c2)[C@H]1C(=O)O)c1ccccn1. The predicted octanol–water partition coefficient (Wildman–Crippen LogP) is 0.984. The van der Waals surface area contributed by atoms with Gasteiger partial charge < -0.3 is 16.2 Å². The van der Waals surface area contributed by atoms with E-state index in [4.69, 9.17) is 5.73 Å². The van der Waals surface area contributed by atoms with Crippen molar-refractivity contribution in [1.29, 1.82) is 0 Å². The van der Waals surface area contributed by atoms with Crippen LogP contribution < -0.4 is 11.1 Å². The van der Waals surface area contributed by atoms with Crippen LogP contribution in [0.25, 0.3) is 0 Å². The van der Waals surface area contributed by atoms with Crippen LogP contribution in [-0.4, -0.2) is 43.9 Å². The monoisotopic (exact) mass is 369 g/mol. The van der Waals surface area contributed by atoms with E-state index in [0.717, 1.165) is 4.90 Å². The van der Waals surface area contributed by atoms with Gasteiger partial charge in [-0.25, -0.2) is 19.5 Å². The number of carbonyl (C=O) groups excluding carboxylic acids is 2. The summed E-state index contributed by atoms with van der Waals surface area (Å²) in [6, 6.07) is 6.03. The zero-order valence-corrected chi connectivity index (χ0v) is 14.6. The standard InChI is InChI=1S/C18H19N5O4/c1-10(13-4-2-3-6-20-13)22-18(27)23-15(17(25)26)12(16(23)24)8-11-5-7-21-14(19)9-11/h2-7,9-10,12,15H,8H2,1H3,(H2,19,21)(H,22,27)(H,25,26)/t10-,12-,15+/m1/s1. The van der Waals surface area contributed by atoms with Gasteiger partial charge >= 0.3 is 12.0 Å². The quantitative estimate of drug-likeness (QED) is 0.668. The Hall–Kier alpha value is -3.49. The second kappa shape index (κ2) is 7.40. The Morgan fingerprint density at radius 1 is 1.30 bits per heavy atom. The first-order chi connectivity index (χ1) is 12.9. The summed E-state index contributed by atoms with van der Waals surface area (Å²) in [4.78, 5) is 45.3. The van der Waals surface area contributed by atoms with Crippen LogP contribution in [0.15, 0.2) is 42.7 Å². The van der Waals surface area contributed by atoms with Crippen LogP contribution in [0.1, 0.15) is 24.2 Å². The Morgan fingerprint density at radius 2 is 2.07 bits per heavy atom. The van der Waals surface area contributed by atoms with Gasteiger partial charge in [-0.15, -0.1) is 0 Å². The molecule has 0 spiro atoms. The van der Waals surface area contributed by atoms with Crippen LogP contribution in [0.5, 0.6) is 0 Å². The Labute approximate surface area is 155 Å². The fourth-order valence-electron chi connectivity index (χ4n) is 3.09. The lowest BCUT2D eigenvalue weighted by atomic mass is 9.82. The minimum atomic E-state index is -1.23. The number of carbonyl (C=O) groups is 3. The highest BCUT2D eigenvalue weighted by atomic mass is 16.4. The topological polar surface area (TPSA) is 139 Å². The maximum Gasteiger partial charge on any atom is 0.327 e. The minimum Gasteiger partial charge on any atom is -0.480 e. The number of rotatable bonds is 5. The summed E-state index contributed by atoms with van der Waals surface area (Å²) in [5.74, 6) is -2.32. The molecule has 3 atom stereocenters. The van der Waals surface area contributed by atoms with E-state index in [0.29, 0.717) is 11.3 Å². The molecule has 0 aliphatic carbocycles. The number of hydrogen-bond acceptors (Lipinski definition) is 6. The molecule has 1 aliphatic heterocycles. The van der Waals surface area contributed by atoms with Crippen molar-refractivity contribution < 1.29 is 19.5 Å². The lowest BCUT2D eigenvalue weighted by Crippen LogP contribution is -2.68. The number of nitrogen functional groups attached to an aromatic ring is 1. The van der Waals surface area contributed by atoms with E-state index in [-0.39, 0.29) is 12.2 Å². The number of anilines is 1. The third-order valence-electron chi connectivity index (χ3n) is 4.46. The van der Waals surface area contributed by atoms with Gasteiger partial charge in [-0.05, 0) is 43.2 Å². The lowest BCUT2D eigenvalue weighted by molar-refractivity contribution is -0.165. The molecule has 0 saturated carbocycles. The number of carboxylic acids is 1. The number of aliphatic carboxylic acids is 1. The van der Waals surface area contributed by atoms with E-state index in [2.05, 4.69) is 15.3 Å². The van der Waals surface area contributed by atoms with Gasteiger partial charge in [0.2, 0.25) is 5.91 Å². The van der Waals surface area contributed by atoms with E-state index >= 15 is 0 Å². The van der Waals surface area contributed by atoms with Crippen molar-refractivity contribution in [2.45, 2.75) is 25.4 Å². The van der Waals surface area contributed by atoms with Gasteiger partial charge in [0, 0.05) is 12.4 Å². The second-order valence-corrected chi connectivity index (χ2v) is 6.32. The third kappa shape index (κ3) is 3.71. The van der Waals surface area contributed by atoms with Crippen molar-refractivity contribution in [3.8, 4) is 0 Å². The summed E-state index contributed by atoms with van der Waals surface area (Å²) in [6.45, 7) is 1.71. The lowest BCUT2D eigenvalue weighted by Gasteiger charge is -2.43. The molecule has 0 bridgehead atoms. The molecule has 1 saturated heterocycles. The van der Waals surface area contributed by atoms with E-state index < -0.39 is 35.9 Å². The van der Waals surface area contributed by atoms with Gasteiger partial charge in [0.05, 0.1) is 17.7 Å². The number of amides is 3.